The van der Waals surface area contributed by atoms with E-state index in [2.05, 4.69) is 48.1 Å². The van der Waals surface area contributed by atoms with Gasteiger partial charge in [-0.3, -0.25) is 10.1 Å². The molecule has 0 aliphatic heterocycles. The van der Waals surface area contributed by atoms with E-state index in [1.54, 1.807) is 0 Å². The summed E-state index contributed by atoms with van der Waals surface area (Å²) in [6.45, 7) is 5.11. The third-order valence-corrected chi connectivity index (χ3v) is 5.45. The van der Waals surface area contributed by atoms with E-state index in [9.17, 15) is 15.0 Å². The van der Waals surface area contributed by atoms with Crippen molar-refractivity contribution in [2.24, 2.45) is 0 Å². The largest absolute Gasteiger partial charge is 0.509 e. The lowest BCUT2D eigenvalue weighted by Crippen LogP contribution is -2.13. The molecule has 6 nitrogen and oxygen atoms in total. The Morgan fingerprint density at radius 3 is 2.36 bits per heavy atom. The molecule has 3 rings (SSSR count). The van der Waals surface area contributed by atoms with Gasteiger partial charge in [0.05, 0.1) is 12.3 Å². The fourth-order valence-corrected chi connectivity index (χ4v) is 3.94. The van der Waals surface area contributed by atoms with Crippen LogP contribution in [0.5, 0.6) is 0 Å². The standard InChI is InChI=1S/C25H24N2O3S.CH4O/c1-17-8-11-19(12-9-17)16-22-23(20-6-4-3-5-7-20)26-25(31-22)27-24(30)21(14-15-28)13-10-18(2)29;1-2/h3-14,28-29H,2,15-16H2,1H3,(H,26,27,30);2H,1H3/b13-10-,21-14+;. The number of anilines is 1. The number of aromatic nitrogens is 1. The molecule has 0 unspecified atom stereocenters. The lowest BCUT2D eigenvalue weighted by atomic mass is 10.1. The third-order valence-electron chi connectivity index (χ3n) is 4.48. The smallest absolute Gasteiger partial charge is 0.257 e. The Morgan fingerprint density at radius 1 is 1.09 bits per heavy atom. The summed E-state index contributed by atoms with van der Waals surface area (Å²) in [5.74, 6) is -0.612. The molecule has 0 atom stereocenters. The van der Waals surface area contributed by atoms with Gasteiger partial charge in [-0.25, -0.2) is 4.98 Å². The quantitative estimate of drug-likeness (QED) is 0.218. The second-order valence-electron chi connectivity index (χ2n) is 6.94. The van der Waals surface area contributed by atoms with Crippen molar-refractivity contribution in [2.75, 3.05) is 19.0 Å². The van der Waals surface area contributed by atoms with Gasteiger partial charge in [0.1, 0.15) is 5.76 Å². The van der Waals surface area contributed by atoms with Gasteiger partial charge in [0.2, 0.25) is 0 Å². The summed E-state index contributed by atoms with van der Waals surface area (Å²) in [5, 5.41) is 28.7. The zero-order valence-corrected chi connectivity index (χ0v) is 19.5. The van der Waals surface area contributed by atoms with Crippen molar-refractivity contribution in [1.29, 1.82) is 0 Å². The van der Waals surface area contributed by atoms with Crippen LogP contribution in [0.25, 0.3) is 11.3 Å². The van der Waals surface area contributed by atoms with Crippen LogP contribution < -0.4 is 5.32 Å². The first-order chi connectivity index (χ1) is 16.0. The number of nitrogens with one attached hydrogen (secondary N) is 1. The van der Waals surface area contributed by atoms with Gasteiger partial charge in [0.15, 0.2) is 5.13 Å². The summed E-state index contributed by atoms with van der Waals surface area (Å²) in [7, 11) is 1.00. The Bertz CT molecular complexity index is 1120. The monoisotopic (exact) mass is 464 g/mol. The molecule has 4 N–H and O–H groups in total. The van der Waals surface area contributed by atoms with E-state index in [1.165, 1.54) is 35.1 Å². The van der Waals surface area contributed by atoms with Crippen molar-refractivity contribution >= 4 is 22.4 Å². The average molecular weight is 465 g/mol. The Morgan fingerprint density at radius 2 is 1.76 bits per heavy atom. The second-order valence-corrected chi connectivity index (χ2v) is 8.02. The van der Waals surface area contributed by atoms with E-state index >= 15 is 0 Å². The molecule has 0 aliphatic rings. The number of allylic oxidation sites excluding steroid dienone is 1. The number of benzene rings is 2. The molecule has 0 spiro atoms. The van der Waals surface area contributed by atoms with Gasteiger partial charge in [-0.15, -0.1) is 11.3 Å². The number of aliphatic hydroxyl groups is 3. The highest BCUT2D eigenvalue weighted by Crippen LogP contribution is 2.33. The Kier molecular flexibility index (Phi) is 10.2. The molecule has 172 valence electrons. The Hall–Kier alpha value is -3.52. The zero-order chi connectivity index (χ0) is 24.2. The van der Waals surface area contributed by atoms with Crippen molar-refractivity contribution in [3.05, 3.63) is 107 Å². The number of hydrogen-bond acceptors (Lipinski definition) is 6. The van der Waals surface area contributed by atoms with Crippen LogP contribution in [0.2, 0.25) is 0 Å². The van der Waals surface area contributed by atoms with E-state index in [-0.39, 0.29) is 17.9 Å². The van der Waals surface area contributed by atoms with Gasteiger partial charge in [-0.1, -0.05) is 66.7 Å². The first kappa shape index (κ1) is 25.7. The van der Waals surface area contributed by atoms with E-state index in [0.717, 1.165) is 28.8 Å². The first-order valence-corrected chi connectivity index (χ1v) is 11.0. The van der Waals surface area contributed by atoms with Crippen LogP contribution in [0.1, 0.15) is 16.0 Å². The number of thiazole rings is 1. The fraction of sp³-hybridized carbons (Fsp3) is 0.154. The van der Waals surface area contributed by atoms with Gasteiger partial charge in [0, 0.05) is 29.5 Å². The molecule has 0 radical (unpaired) electrons. The molecule has 1 heterocycles. The topological polar surface area (TPSA) is 103 Å². The molecular weight excluding hydrogens is 436 g/mol. The normalized spacial score (nSPS) is 11.1. The van der Waals surface area contributed by atoms with E-state index in [0.29, 0.717) is 11.6 Å². The van der Waals surface area contributed by atoms with Crippen LogP contribution in [-0.4, -0.2) is 39.9 Å². The lowest BCUT2D eigenvalue weighted by Gasteiger charge is -2.03. The summed E-state index contributed by atoms with van der Waals surface area (Å²) < 4.78 is 0. The highest BCUT2D eigenvalue weighted by molar-refractivity contribution is 7.16. The lowest BCUT2D eigenvalue weighted by molar-refractivity contribution is -0.112. The minimum atomic E-state index is -0.429. The number of hydrogen-bond donors (Lipinski definition) is 4. The van der Waals surface area contributed by atoms with Gasteiger partial charge >= 0.3 is 0 Å². The minimum absolute atomic E-state index is 0.183. The highest BCUT2D eigenvalue weighted by Gasteiger charge is 2.16. The SMILES string of the molecule is C=C(O)/C=C\C(=C/CO)C(=O)Nc1nc(-c2ccccc2)c(Cc2ccc(C)cc2)s1.CO. The molecule has 1 amide bonds. The average Bonchev–Trinajstić information content (AvgIpc) is 3.21. The van der Waals surface area contributed by atoms with Crippen molar-refractivity contribution in [3.8, 4) is 11.3 Å². The van der Waals surface area contributed by atoms with Crippen molar-refractivity contribution in [1.82, 2.24) is 4.98 Å². The number of carbonyl (C=O) groups is 1. The summed E-state index contributed by atoms with van der Waals surface area (Å²) in [6, 6.07) is 18.2. The van der Waals surface area contributed by atoms with Gasteiger partial charge in [-0.05, 0) is 30.7 Å². The van der Waals surface area contributed by atoms with Gasteiger partial charge < -0.3 is 15.3 Å². The van der Waals surface area contributed by atoms with Crippen LogP contribution in [0.3, 0.4) is 0 Å². The maximum absolute atomic E-state index is 12.7. The maximum atomic E-state index is 12.7. The van der Waals surface area contributed by atoms with Crippen molar-refractivity contribution < 1.29 is 20.1 Å². The summed E-state index contributed by atoms with van der Waals surface area (Å²) >= 11 is 1.42. The molecule has 0 fully saturated rings. The van der Waals surface area contributed by atoms with Crippen molar-refractivity contribution in [3.63, 3.8) is 0 Å². The fourth-order valence-electron chi connectivity index (χ4n) is 2.93. The number of amides is 1. The molecule has 0 bridgehead atoms. The Labute approximate surface area is 197 Å². The van der Waals surface area contributed by atoms with Gasteiger partial charge in [0.25, 0.3) is 5.91 Å². The number of aliphatic hydroxyl groups excluding tert-OH is 3. The maximum Gasteiger partial charge on any atom is 0.257 e. The summed E-state index contributed by atoms with van der Waals surface area (Å²) in [4.78, 5) is 18.4. The minimum Gasteiger partial charge on any atom is -0.509 e. The molecule has 2 aromatic carbocycles. The molecule has 33 heavy (non-hydrogen) atoms. The number of rotatable bonds is 8. The van der Waals surface area contributed by atoms with Crippen LogP contribution in [0.4, 0.5) is 5.13 Å². The van der Waals surface area contributed by atoms with E-state index < -0.39 is 5.91 Å². The number of carbonyl (C=O) groups excluding carboxylic acids is 1. The molecule has 0 saturated carbocycles. The first-order valence-electron chi connectivity index (χ1n) is 10.2. The molecular formula is C26H28N2O4S. The summed E-state index contributed by atoms with van der Waals surface area (Å²) in [5.41, 5.74) is 4.37. The third kappa shape index (κ3) is 7.84. The van der Waals surface area contributed by atoms with Gasteiger partial charge in [-0.2, -0.15) is 0 Å². The van der Waals surface area contributed by atoms with Crippen LogP contribution in [0, 0.1) is 6.92 Å². The number of aryl methyl sites for hydroxylation is 1. The zero-order valence-electron chi connectivity index (χ0n) is 18.7. The van der Waals surface area contributed by atoms with Crippen molar-refractivity contribution in [2.45, 2.75) is 13.3 Å². The molecule has 7 heteroatoms. The second kappa shape index (κ2) is 13.1. The molecule has 1 aromatic heterocycles. The highest BCUT2D eigenvalue weighted by atomic mass is 32.1. The molecule has 0 saturated heterocycles. The van der Waals surface area contributed by atoms with E-state index in [1.807, 2.05) is 30.3 Å². The van der Waals surface area contributed by atoms with Crippen LogP contribution in [0.15, 0.2) is 90.7 Å². The molecule has 3 aromatic rings. The predicted octanol–water partition coefficient (Wildman–Crippen LogP) is 4.80. The van der Waals surface area contributed by atoms with Crippen LogP contribution >= 0.6 is 11.3 Å². The predicted molar refractivity (Wildman–Crippen MR) is 134 cm³/mol. The van der Waals surface area contributed by atoms with Crippen LogP contribution in [-0.2, 0) is 11.2 Å². The summed E-state index contributed by atoms with van der Waals surface area (Å²) in [6.07, 6.45) is 4.74. The molecule has 0 aliphatic carbocycles. The van der Waals surface area contributed by atoms with E-state index in [4.69, 9.17) is 5.11 Å². The number of nitrogens with zero attached hydrogens (tertiary/aromatic N) is 1. The Balaban J connectivity index is 0.00000187.